The lowest BCUT2D eigenvalue weighted by atomic mass is 10.1. The molecule has 0 aliphatic carbocycles. The van der Waals surface area contributed by atoms with E-state index in [1.165, 1.54) is 11.2 Å². The fourth-order valence-electron chi connectivity index (χ4n) is 4.03. The third kappa shape index (κ3) is 4.11. The van der Waals surface area contributed by atoms with Crippen molar-refractivity contribution in [3.63, 3.8) is 0 Å². The molecule has 9 heteroatoms. The number of benzene rings is 2. The van der Waals surface area contributed by atoms with Gasteiger partial charge in [0, 0.05) is 23.9 Å². The van der Waals surface area contributed by atoms with Crippen LogP contribution in [0, 0.1) is 0 Å². The minimum atomic E-state index is -3.09. The molecule has 0 spiro atoms. The number of carbonyl (C=O) groups is 2. The van der Waals surface area contributed by atoms with Crippen molar-refractivity contribution in [2.75, 3.05) is 25.2 Å². The van der Waals surface area contributed by atoms with E-state index < -0.39 is 9.84 Å². The van der Waals surface area contributed by atoms with Crippen LogP contribution in [-0.4, -0.2) is 56.2 Å². The number of fused-ring (bicyclic) bond motifs is 2. The molecule has 4 aromatic rings. The summed E-state index contributed by atoms with van der Waals surface area (Å²) in [5, 5.41) is 1.37. The molecule has 1 atom stereocenters. The molecule has 2 aromatic heterocycles. The van der Waals surface area contributed by atoms with Crippen LogP contribution in [0.5, 0.6) is 5.75 Å². The smallest absolute Gasteiger partial charge is 0.260 e. The molecule has 0 unspecified atom stereocenters. The van der Waals surface area contributed by atoms with Gasteiger partial charge in [0.05, 0.1) is 17.1 Å². The molecular formula is C24H21NO7S. The molecule has 3 heterocycles. The van der Waals surface area contributed by atoms with Gasteiger partial charge in [0.25, 0.3) is 5.91 Å². The van der Waals surface area contributed by atoms with E-state index in [2.05, 4.69) is 0 Å². The highest BCUT2D eigenvalue weighted by molar-refractivity contribution is 7.91. The van der Waals surface area contributed by atoms with Gasteiger partial charge in [0.15, 0.2) is 22.2 Å². The summed E-state index contributed by atoms with van der Waals surface area (Å²) < 4.78 is 40.2. The average molecular weight is 467 g/mol. The van der Waals surface area contributed by atoms with Crippen LogP contribution in [0.4, 0.5) is 0 Å². The van der Waals surface area contributed by atoms with Crippen LogP contribution in [0.2, 0.25) is 0 Å². The summed E-state index contributed by atoms with van der Waals surface area (Å²) in [5.41, 5.74) is 1.45. The van der Waals surface area contributed by atoms with Crippen LogP contribution in [0.25, 0.3) is 21.9 Å². The first-order valence-electron chi connectivity index (χ1n) is 10.4. The first-order chi connectivity index (χ1) is 15.8. The molecule has 1 saturated heterocycles. The van der Waals surface area contributed by atoms with E-state index in [-0.39, 0.29) is 41.6 Å². The van der Waals surface area contributed by atoms with Gasteiger partial charge in [0.2, 0.25) is 5.78 Å². The van der Waals surface area contributed by atoms with Crippen molar-refractivity contribution < 1.29 is 31.6 Å². The maximum Gasteiger partial charge on any atom is 0.260 e. The molecule has 1 amide bonds. The van der Waals surface area contributed by atoms with Gasteiger partial charge in [-0.25, -0.2) is 8.42 Å². The average Bonchev–Trinajstić information content (AvgIpc) is 3.52. The zero-order valence-corrected chi connectivity index (χ0v) is 18.6. The number of amides is 1. The fraction of sp³-hybridized carbons (Fsp3) is 0.250. The van der Waals surface area contributed by atoms with Gasteiger partial charge in [-0.05, 0) is 36.8 Å². The number of ether oxygens (including phenoxy) is 1. The number of ketones is 1. The Morgan fingerprint density at radius 2 is 1.94 bits per heavy atom. The van der Waals surface area contributed by atoms with Crippen molar-refractivity contribution in [2.24, 2.45) is 0 Å². The molecule has 0 saturated carbocycles. The predicted octanol–water partition coefficient (Wildman–Crippen LogP) is 3.43. The van der Waals surface area contributed by atoms with Gasteiger partial charge >= 0.3 is 0 Å². The summed E-state index contributed by atoms with van der Waals surface area (Å²) in [4.78, 5) is 27.0. The number of hydrogen-bond acceptors (Lipinski definition) is 7. The van der Waals surface area contributed by atoms with Crippen LogP contribution in [0.3, 0.4) is 0 Å². The molecule has 2 aromatic carbocycles. The third-order valence-electron chi connectivity index (χ3n) is 5.95. The Hall–Kier alpha value is -3.59. The second-order valence-electron chi connectivity index (χ2n) is 8.14. The van der Waals surface area contributed by atoms with Crippen LogP contribution >= 0.6 is 0 Å². The first kappa shape index (κ1) is 21.3. The van der Waals surface area contributed by atoms with E-state index in [0.717, 1.165) is 5.39 Å². The van der Waals surface area contributed by atoms with Crippen LogP contribution in [0.15, 0.2) is 63.6 Å². The van der Waals surface area contributed by atoms with E-state index in [1.54, 1.807) is 37.4 Å². The number of hydrogen-bond donors (Lipinski definition) is 0. The minimum absolute atomic E-state index is 0.0243. The molecule has 8 nitrogen and oxygen atoms in total. The molecule has 0 bridgehead atoms. The van der Waals surface area contributed by atoms with Gasteiger partial charge in [-0.3, -0.25) is 9.59 Å². The highest BCUT2D eigenvalue weighted by atomic mass is 32.2. The Bertz CT molecular complexity index is 1450. The molecule has 1 fully saturated rings. The molecule has 0 radical (unpaired) electrons. The Balaban J connectivity index is 1.33. The van der Waals surface area contributed by atoms with E-state index in [0.29, 0.717) is 34.3 Å². The zero-order chi connectivity index (χ0) is 23.2. The highest BCUT2D eigenvalue weighted by Gasteiger charge is 2.32. The number of para-hydroxylation sites is 1. The van der Waals surface area contributed by atoms with Crippen molar-refractivity contribution >= 4 is 43.5 Å². The van der Waals surface area contributed by atoms with E-state index in [9.17, 15) is 18.0 Å². The summed E-state index contributed by atoms with van der Waals surface area (Å²) >= 11 is 0. The molecule has 1 aliphatic heterocycles. The lowest BCUT2D eigenvalue weighted by Gasteiger charge is -2.23. The normalized spacial score (nSPS) is 17.4. The predicted molar refractivity (Wildman–Crippen MR) is 121 cm³/mol. The number of nitrogens with zero attached hydrogens (tertiary/aromatic N) is 1. The van der Waals surface area contributed by atoms with E-state index >= 15 is 0 Å². The quantitative estimate of drug-likeness (QED) is 0.400. The lowest BCUT2D eigenvalue weighted by Crippen LogP contribution is -2.40. The number of rotatable bonds is 6. The van der Waals surface area contributed by atoms with Crippen molar-refractivity contribution in [2.45, 2.75) is 12.5 Å². The summed E-state index contributed by atoms with van der Waals surface area (Å²) in [7, 11) is -1.50. The highest BCUT2D eigenvalue weighted by Crippen LogP contribution is 2.29. The van der Waals surface area contributed by atoms with Gasteiger partial charge in [-0.1, -0.05) is 18.2 Å². The molecule has 0 N–H and O–H groups in total. The number of sulfone groups is 1. The lowest BCUT2D eigenvalue weighted by molar-refractivity contribution is -0.133. The monoisotopic (exact) mass is 467 g/mol. The molecule has 33 heavy (non-hydrogen) atoms. The largest absolute Gasteiger partial charge is 0.484 e. The number of likely N-dealkylation sites (N-methyl/N-ethyl adjacent to an activating group) is 1. The van der Waals surface area contributed by atoms with Gasteiger partial charge in [-0.15, -0.1) is 0 Å². The van der Waals surface area contributed by atoms with Crippen molar-refractivity contribution in [1.82, 2.24) is 4.90 Å². The third-order valence-corrected chi connectivity index (χ3v) is 7.70. The topological polar surface area (TPSA) is 107 Å². The number of carbonyl (C=O) groups excluding carboxylic acids is 2. The molecule has 170 valence electrons. The van der Waals surface area contributed by atoms with Gasteiger partial charge in [-0.2, -0.15) is 0 Å². The summed E-state index contributed by atoms with van der Waals surface area (Å²) in [6.07, 6.45) is 1.81. The molecule has 5 rings (SSSR count). The maximum atomic E-state index is 13.1. The standard InChI is InChI=1S/C24H21NO7S/c1-25(16-8-9-33(28,29)14-16)23(26)13-30-17-6-7-21-18(11-17)19(12-31-21)24(27)22-10-15-4-2-3-5-20(15)32-22/h2-7,10-12,16H,8-9,13-14H2,1H3/t16-/m0/s1. The fourth-order valence-corrected chi connectivity index (χ4v) is 5.81. The summed E-state index contributed by atoms with van der Waals surface area (Å²) in [6, 6.07) is 13.7. The SMILES string of the molecule is CN(C(=O)COc1ccc2occ(C(=O)c3cc4ccccc4o3)c2c1)[C@H]1CCS(=O)(=O)C1. The zero-order valence-electron chi connectivity index (χ0n) is 17.8. The van der Waals surface area contributed by atoms with E-state index in [1.807, 2.05) is 18.2 Å². The summed E-state index contributed by atoms with van der Waals surface area (Å²) in [6.45, 7) is -0.247. The van der Waals surface area contributed by atoms with E-state index in [4.69, 9.17) is 13.6 Å². The van der Waals surface area contributed by atoms with Crippen LogP contribution < -0.4 is 4.74 Å². The Morgan fingerprint density at radius 3 is 2.70 bits per heavy atom. The van der Waals surface area contributed by atoms with Crippen LogP contribution in [-0.2, 0) is 14.6 Å². The maximum absolute atomic E-state index is 13.1. The van der Waals surface area contributed by atoms with Gasteiger partial charge < -0.3 is 18.5 Å². The van der Waals surface area contributed by atoms with Crippen LogP contribution in [0.1, 0.15) is 22.5 Å². The second-order valence-corrected chi connectivity index (χ2v) is 10.4. The number of furan rings is 2. The first-order valence-corrected chi connectivity index (χ1v) is 12.3. The molecular weight excluding hydrogens is 446 g/mol. The Morgan fingerprint density at radius 1 is 1.12 bits per heavy atom. The van der Waals surface area contributed by atoms with Crippen molar-refractivity contribution in [3.05, 3.63) is 66.1 Å². The van der Waals surface area contributed by atoms with Crippen molar-refractivity contribution in [3.8, 4) is 5.75 Å². The van der Waals surface area contributed by atoms with Crippen molar-refractivity contribution in [1.29, 1.82) is 0 Å². The summed E-state index contributed by atoms with van der Waals surface area (Å²) in [5.74, 6) is 0.0268. The minimum Gasteiger partial charge on any atom is -0.484 e. The van der Waals surface area contributed by atoms with Gasteiger partial charge in [0.1, 0.15) is 23.2 Å². The molecule has 1 aliphatic rings. The second kappa shape index (κ2) is 8.08. The Labute approximate surface area is 189 Å². The Kier molecular flexibility index (Phi) is 5.20.